The van der Waals surface area contributed by atoms with Crippen LogP contribution in [-0.2, 0) is 11.3 Å². The number of thiophene rings is 1. The van der Waals surface area contributed by atoms with E-state index in [0.717, 1.165) is 22.2 Å². The van der Waals surface area contributed by atoms with Crippen molar-refractivity contribution in [3.63, 3.8) is 0 Å². The second-order valence-electron chi connectivity index (χ2n) is 4.31. The molecule has 1 aromatic carbocycles. The Hall–Kier alpha value is -2.14. The molecule has 1 aromatic heterocycles. The van der Waals surface area contributed by atoms with Gasteiger partial charge in [0, 0.05) is 23.7 Å². The summed E-state index contributed by atoms with van der Waals surface area (Å²) in [6, 6.07) is 8.26. The third-order valence-electron chi connectivity index (χ3n) is 2.82. The molecule has 5 heteroatoms. The quantitative estimate of drug-likeness (QED) is 0.855. The summed E-state index contributed by atoms with van der Waals surface area (Å²) in [4.78, 5) is 13.5. The van der Waals surface area contributed by atoms with E-state index in [-0.39, 0.29) is 5.82 Å². The summed E-state index contributed by atoms with van der Waals surface area (Å²) in [5, 5.41) is 10.6. The van der Waals surface area contributed by atoms with Crippen LogP contribution >= 0.6 is 11.3 Å². The molecule has 0 saturated carbocycles. The Morgan fingerprint density at radius 3 is 2.95 bits per heavy atom. The molecule has 2 aromatic rings. The number of hydrogen-bond acceptors (Lipinski definition) is 3. The molecule has 1 heterocycles. The maximum atomic E-state index is 13.2. The van der Waals surface area contributed by atoms with Crippen molar-refractivity contribution in [3.8, 4) is 0 Å². The lowest BCUT2D eigenvalue weighted by Gasteiger charge is -2.19. The van der Waals surface area contributed by atoms with Crippen LogP contribution in [0, 0.1) is 5.82 Å². The van der Waals surface area contributed by atoms with Crippen molar-refractivity contribution in [3.05, 3.63) is 58.0 Å². The fourth-order valence-corrected chi connectivity index (χ4v) is 2.73. The summed E-state index contributed by atoms with van der Waals surface area (Å²) in [6.07, 6.45) is 2.70. The molecule has 2 rings (SSSR count). The average molecular weight is 291 g/mol. The van der Waals surface area contributed by atoms with E-state index in [1.165, 1.54) is 12.1 Å². The number of aliphatic carboxylic acids is 1. The largest absolute Gasteiger partial charge is 0.478 e. The van der Waals surface area contributed by atoms with Crippen molar-refractivity contribution in [2.45, 2.75) is 6.54 Å². The molecule has 0 aliphatic carbocycles. The van der Waals surface area contributed by atoms with E-state index in [9.17, 15) is 9.18 Å². The zero-order chi connectivity index (χ0) is 14.5. The van der Waals surface area contributed by atoms with Crippen LogP contribution in [0.15, 0.2) is 41.8 Å². The Bertz CT molecular complexity index is 636. The Labute approximate surface area is 120 Å². The number of halogens is 1. The summed E-state index contributed by atoms with van der Waals surface area (Å²) in [5.41, 5.74) is 1.66. The number of carboxylic acid groups (broad SMARTS) is 1. The van der Waals surface area contributed by atoms with Crippen molar-refractivity contribution < 1.29 is 14.3 Å². The maximum Gasteiger partial charge on any atom is 0.328 e. The first kappa shape index (κ1) is 14.3. The standard InChI is InChI=1S/C15H14FNO2S/c1-17(13-4-2-3-12(16)9-13)10-14-11(7-8-20-14)5-6-15(18)19/h2-9H,10H2,1H3,(H,18,19). The Balaban J connectivity index is 2.14. The second-order valence-corrected chi connectivity index (χ2v) is 5.31. The summed E-state index contributed by atoms with van der Waals surface area (Å²) in [5.74, 6) is -1.24. The van der Waals surface area contributed by atoms with E-state index in [0.29, 0.717) is 6.54 Å². The van der Waals surface area contributed by atoms with Gasteiger partial charge in [0.25, 0.3) is 0 Å². The highest BCUT2D eigenvalue weighted by Gasteiger charge is 2.07. The van der Waals surface area contributed by atoms with Gasteiger partial charge in [-0.3, -0.25) is 0 Å². The van der Waals surface area contributed by atoms with Gasteiger partial charge in [0.05, 0.1) is 6.54 Å². The summed E-state index contributed by atoms with van der Waals surface area (Å²) < 4.78 is 13.2. The van der Waals surface area contributed by atoms with Crippen LogP contribution in [0.2, 0.25) is 0 Å². The van der Waals surface area contributed by atoms with Crippen LogP contribution in [0.3, 0.4) is 0 Å². The lowest BCUT2D eigenvalue weighted by Crippen LogP contribution is -2.16. The summed E-state index contributed by atoms with van der Waals surface area (Å²) in [6.45, 7) is 0.598. The van der Waals surface area contributed by atoms with Crippen LogP contribution in [0.4, 0.5) is 10.1 Å². The molecular weight excluding hydrogens is 277 g/mol. The van der Waals surface area contributed by atoms with Gasteiger partial charge < -0.3 is 10.0 Å². The Morgan fingerprint density at radius 1 is 1.45 bits per heavy atom. The average Bonchev–Trinajstić information content (AvgIpc) is 2.83. The van der Waals surface area contributed by atoms with Crippen LogP contribution in [0.25, 0.3) is 6.08 Å². The molecule has 0 fully saturated rings. The van der Waals surface area contributed by atoms with Crippen LogP contribution in [0.5, 0.6) is 0 Å². The normalized spacial score (nSPS) is 10.9. The molecule has 1 N–H and O–H groups in total. The van der Waals surface area contributed by atoms with Gasteiger partial charge in [0.2, 0.25) is 0 Å². The van der Waals surface area contributed by atoms with E-state index in [4.69, 9.17) is 5.11 Å². The first-order valence-corrected chi connectivity index (χ1v) is 6.88. The zero-order valence-corrected chi connectivity index (χ0v) is 11.7. The van der Waals surface area contributed by atoms with Crippen molar-refractivity contribution in [1.82, 2.24) is 0 Å². The lowest BCUT2D eigenvalue weighted by molar-refractivity contribution is -0.131. The van der Waals surface area contributed by atoms with E-state index in [2.05, 4.69) is 0 Å². The third kappa shape index (κ3) is 3.68. The monoisotopic (exact) mass is 291 g/mol. The molecule has 0 unspecified atom stereocenters. The number of rotatable bonds is 5. The highest BCUT2D eigenvalue weighted by Crippen LogP contribution is 2.23. The highest BCUT2D eigenvalue weighted by molar-refractivity contribution is 7.10. The molecule has 0 bridgehead atoms. The van der Waals surface area contributed by atoms with Gasteiger partial charge in [-0.05, 0) is 41.3 Å². The highest BCUT2D eigenvalue weighted by atomic mass is 32.1. The number of hydrogen-bond donors (Lipinski definition) is 1. The molecule has 20 heavy (non-hydrogen) atoms. The molecule has 0 atom stereocenters. The first-order valence-electron chi connectivity index (χ1n) is 6.00. The predicted octanol–water partition coefficient (Wildman–Crippen LogP) is 3.62. The molecule has 104 valence electrons. The topological polar surface area (TPSA) is 40.5 Å². The minimum atomic E-state index is -0.972. The van der Waals surface area contributed by atoms with Crippen molar-refractivity contribution >= 4 is 29.1 Å². The molecule has 0 aliphatic rings. The van der Waals surface area contributed by atoms with Crippen molar-refractivity contribution in [1.29, 1.82) is 0 Å². The number of carbonyl (C=O) groups is 1. The van der Waals surface area contributed by atoms with Crippen molar-refractivity contribution in [2.24, 2.45) is 0 Å². The molecule has 0 spiro atoms. The van der Waals surface area contributed by atoms with E-state index < -0.39 is 5.97 Å². The van der Waals surface area contributed by atoms with Crippen LogP contribution in [0.1, 0.15) is 10.4 Å². The van der Waals surface area contributed by atoms with Gasteiger partial charge in [-0.1, -0.05) is 6.07 Å². The molecular formula is C15H14FNO2S. The van der Waals surface area contributed by atoms with Gasteiger partial charge >= 0.3 is 5.97 Å². The van der Waals surface area contributed by atoms with Crippen LogP contribution in [-0.4, -0.2) is 18.1 Å². The second kappa shape index (κ2) is 6.34. The minimum absolute atomic E-state index is 0.272. The van der Waals surface area contributed by atoms with Gasteiger partial charge in [-0.15, -0.1) is 11.3 Å². The number of anilines is 1. The minimum Gasteiger partial charge on any atom is -0.478 e. The molecule has 0 saturated heterocycles. The fraction of sp³-hybridized carbons (Fsp3) is 0.133. The SMILES string of the molecule is CN(Cc1sccc1C=CC(=O)O)c1cccc(F)c1. The number of nitrogens with zero attached hydrogens (tertiary/aromatic N) is 1. The fourth-order valence-electron chi connectivity index (χ4n) is 1.81. The summed E-state index contributed by atoms with van der Waals surface area (Å²) in [7, 11) is 1.87. The third-order valence-corrected chi connectivity index (χ3v) is 3.74. The van der Waals surface area contributed by atoms with E-state index in [1.54, 1.807) is 23.5 Å². The summed E-state index contributed by atoms with van der Waals surface area (Å²) >= 11 is 1.55. The molecule has 3 nitrogen and oxygen atoms in total. The first-order chi connectivity index (χ1) is 9.56. The predicted molar refractivity (Wildman–Crippen MR) is 79.5 cm³/mol. The molecule has 0 amide bonds. The van der Waals surface area contributed by atoms with Crippen molar-refractivity contribution in [2.75, 3.05) is 11.9 Å². The Kier molecular flexibility index (Phi) is 4.53. The smallest absolute Gasteiger partial charge is 0.328 e. The molecule has 0 radical (unpaired) electrons. The van der Waals surface area contributed by atoms with Crippen LogP contribution < -0.4 is 4.90 Å². The maximum absolute atomic E-state index is 13.2. The van der Waals surface area contributed by atoms with E-state index in [1.807, 2.05) is 29.5 Å². The van der Waals surface area contributed by atoms with Gasteiger partial charge in [0.1, 0.15) is 5.82 Å². The van der Waals surface area contributed by atoms with E-state index >= 15 is 0 Å². The lowest BCUT2D eigenvalue weighted by atomic mass is 10.2. The number of carboxylic acids is 1. The number of benzene rings is 1. The molecule has 0 aliphatic heterocycles. The van der Waals surface area contributed by atoms with Gasteiger partial charge in [-0.2, -0.15) is 0 Å². The zero-order valence-electron chi connectivity index (χ0n) is 10.9. The van der Waals surface area contributed by atoms with Gasteiger partial charge in [-0.25, -0.2) is 9.18 Å². The Morgan fingerprint density at radius 2 is 2.25 bits per heavy atom. The van der Waals surface area contributed by atoms with Gasteiger partial charge in [0.15, 0.2) is 0 Å².